The molecule has 2 aromatic carbocycles. The molecule has 0 aliphatic carbocycles. The standard InChI is InChI=1S/C24H25N5O/c1-15(2)20-6-5-7-21(16(3)4)22(20)29-24-26-13-18(14-27-24)23(30)28-19-10-8-17(12-25)9-11-19/h5-11,13-16H,1-4H3,(H,28,30)(H,26,27,29). The highest BCUT2D eigenvalue weighted by atomic mass is 16.1. The van der Waals surface area contributed by atoms with E-state index in [-0.39, 0.29) is 5.91 Å². The maximum absolute atomic E-state index is 12.4. The number of hydrogen-bond donors (Lipinski definition) is 2. The molecule has 6 nitrogen and oxygen atoms in total. The predicted molar refractivity (Wildman–Crippen MR) is 119 cm³/mol. The largest absolute Gasteiger partial charge is 0.324 e. The van der Waals surface area contributed by atoms with Gasteiger partial charge in [-0.3, -0.25) is 4.79 Å². The fourth-order valence-electron chi connectivity index (χ4n) is 3.15. The van der Waals surface area contributed by atoms with Crippen molar-refractivity contribution in [2.45, 2.75) is 39.5 Å². The fourth-order valence-corrected chi connectivity index (χ4v) is 3.15. The summed E-state index contributed by atoms with van der Waals surface area (Å²) in [6.45, 7) is 8.62. The van der Waals surface area contributed by atoms with Crippen LogP contribution in [0, 0.1) is 11.3 Å². The molecule has 2 N–H and O–H groups in total. The average Bonchev–Trinajstić information content (AvgIpc) is 2.74. The second kappa shape index (κ2) is 9.19. The van der Waals surface area contributed by atoms with Crippen LogP contribution in [0.3, 0.4) is 0 Å². The third kappa shape index (κ3) is 4.81. The smallest absolute Gasteiger partial charge is 0.258 e. The van der Waals surface area contributed by atoms with Crippen molar-refractivity contribution < 1.29 is 4.79 Å². The van der Waals surface area contributed by atoms with Gasteiger partial charge in [0.2, 0.25) is 5.95 Å². The van der Waals surface area contributed by atoms with Crippen LogP contribution in [0.2, 0.25) is 0 Å². The zero-order valence-electron chi connectivity index (χ0n) is 17.6. The van der Waals surface area contributed by atoms with E-state index in [2.05, 4.69) is 66.5 Å². The average molecular weight is 399 g/mol. The first-order valence-electron chi connectivity index (χ1n) is 9.92. The monoisotopic (exact) mass is 399 g/mol. The van der Waals surface area contributed by atoms with E-state index in [0.717, 1.165) is 5.69 Å². The number of benzene rings is 2. The maximum atomic E-state index is 12.4. The number of carbonyl (C=O) groups excluding carboxylic acids is 1. The molecule has 3 rings (SSSR count). The summed E-state index contributed by atoms with van der Waals surface area (Å²) in [5.41, 5.74) is 4.92. The molecule has 0 saturated heterocycles. The fraction of sp³-hybridized carbons (Fsp3) is 0.250. The second-order valence-corrected chi connectivity index (χ2v) is 7.68. The van der Waals surface area contributed by atoms with Gasteiger partial charge < -0.3 is 10.6 Å². The van der Waals surface area contributed by atoms with Crippen molar-refractivity contribution in [1.82, 2.24) is 9.97 Å². The van der Waals surface area contributed by atoms with Crippen LogP contribution >= 0.6 is 0 Å². The zero-order valence-corrected chi connectivity index (χ0v) is 17.6. The summed E-state index contributed by atoms with van der Waals surface area (Å²) < 4.78 is 0. The molecule has 0 spiro atoms. The Hall–Kier alpha value is -3.72. The molecule has 3 aromatic rings. The highest BCUT2D eigenvalue weighted by Gasteiger charge is 2.15. The molecule has 0 unspecified atom stereocenters. The van der Waals surface area contributed by atoms with Crippen LogP contribution in [0.5, 0.6) is 0 Å². The number of carbonyl (C=O) groups is 1. The first kappa shape index (κ1) is 21.0. The molecular formula is C24H25N5O. The molecule has 1 heterocycles. The summed E-state index contributed by atoms with van der Waals surface area (Å²) in [7, 11) is 0. The van der Waals surface area contributed by atoms with E-state index < -0.39 is 0 Å². The number of amides is 1. The number of nitrogens with one attached hydrogen (secondary N) is 2. The summed E-state index contributed by atoms with van der Waals surface area (Å²) in [4.78, 5) is 21.1. The number of anilines is 3. The molecule has 6 heteroatoms. The lowest BCUT2D eigenvalue weighted by molar-refractivity contribution is 0.102. The molecule has 0 saturated carbocycles. The van der Waals surface area contributed by atoms with Gasteiger partial charge >= 0.3 is 0 Å². The van der Waals surface area contributed by atoms with E-state index in [1.807, 2.05) is 6.07 Å². The minimum Gasteiger partial charge on any atom is -0.324 e. The van der Waals surface area contributed by atoms with Crippen molar-refractivity contribution in [1.29, 1.82) is 5.26 Å². The molecule has 0 bridgehead atoms. The van der Waals surface area contributed by atoms with Crippen molar-refractivity contribution in [3.8, 4) is 6.07 Å². The van der Waals surface area contributed by atoms with Crippen LogP contribution < -0.4 is 10.6 Å². The zero-order chi connectivity index (χ0) is 21.7. The van der Waals surface area contributed by atoms with Crippen LogP contribution in [0.4, 0.5) is 17.3 Å². The molecule has 0 atom stereocenters. The minimum atomic E-state index is -0.309. The van der Waals surface area contributed by atoms with Gasteiger partial charge in [-0.25, -0.2) is 9.97 Å². The van der Waals surface area contributed by atoms with Gasteiger partial charge in [-0.15, -0.1) is 0 Å². The van der Waals surface area contributed by atoms with Crippen molar-refractivity contribution in [2.75, 3.05) is 10.6 Å². The lowest BCUT2D eigenvalue weighted by Crippen LogP contribution is -2.13. The molecule has 0 radical (unpaired) electrons. The van der Waals surface area contributed by atoms with Crippen molar-refractivity contribution in [3.05, 3.63) is 77.1 Å². The summed E-state index contributed by atoms with van der Waals surface area (Å²) >= 11 is 0. The molecule has 152 valence electrons. The topological polar surface area (TPSA) is 90.7 Å². The third-order valence-electron chi connectivity index (χ3n) is 4.80. The van der Waals surface area contributed by atoms with E-state index in [9.17, 15) is 4.79 Å². The lowest BCUT2D eigenvalue weighted by atomic mass is 9.93. The minimum absolute atomic E-state index is 0.309. The van der Waals surface area contributed by atoms with Gasteiger partial charge in [0.25, 0.3) is 5.91 Å². The maximum Gasteiger partial charge on any atom is 0.258 e. The first-order valence-corrected chi connectivity index (χ1v) is 9.92. The molecule has 1 amide bonds. The van der Waals surface area contributed by atoms with E-state index in [0.29, 0.717) is 34.6 Å². The number of nitrogens with zero attached hydrogens (tertiary/aromatic N) is 3. The number of rotatable bonds is 6. The van der Waals surface area contributed by atoms with E-state index in [1.165, 1.54) is 23.5 Å². The van der Waals surface area contributed by atoms with E-state index >= 15 is 0 Å². The Bertz CT molecular complexity index is 1040. The van der Waals surface area contributed by atoms with Gasteiger partial charge in [0.1, 0.15) is 0 Å². The highest BCUT2D eigenvalue weighted by molar-refractivity contribution is 6.03. The Balaban J connectivity index is 1.78. The van der Waals surface area contributed by atoms with Gasteiger partial charge in [0, 0.05) is 23.8 Å². The Morgan fingerprint density at radius 1 is 0.933 bits per heavy atom. The Morgan fingerprint density at radius 3 is 2.00 bits per heavy atom. The Morgan fingerprint density at radius 2 is 1.50 bits per heavy atom. The van der Waals surface area contributed by atoms with Gasteiger partial charge in [-0.05, 0) is 47.2 Å². The van der Waals surface area contributed by atoms with Crippen LogP contribution in [0.15, 0.2) is 54.9 Å². The Labute approximate surface area is 177 Å². The first-order chi connectivity index (χ1) is 14.4. The lowest BCUT2D eigenvalue weighted by Gasteiger charge is -2.20. The molecular weight excluding hydrogens is 374 g/mol. The van der Waals surface area contributed by atoms with Crippen LogP contribution in [0.25, 0.3) is 0 Å². The quantitative estimate of drug-likeness (QED) is 0.564. The third-order valence-corrected chi connectivity index (χ3v) is 4.80. The van der Waals surface area contributed by atoms with Crippen molar-refractivity contribution in [2.24, 2.45) is 0 Å². The number of aromatic nitrogens is 2. The highest BCUT2D eigenvalue weighted by Crippen LogP contribution is 2.33. The molecule has 0 aliphatic heterocycles. The number of nitriles is 1. The van der Waals surface area contributed by atoms with Gasteiger partial charge in [-0.2, -0.15) is 5.26 Å². The number of para-hydroxylation sites is 1. The number of hydrogen-bond acceptors (Lipinski definition) is 5. The molecule has 30 heavy (non-hydrogen) atoms. The van der Waals surface area contributed by atoms with Gasteiger partial charge in [0.15, 0.2) is 0 Å². The van der Waals surface area contributed by atoms with Crippen molar-refractivity contribution >= 4 is 23.2 Å². The summed E-state index contributed by atoms with van der Waals surface area (Å²) in [5.74, 6) is 0.837. The summed E-state index contributed by atoms with van der Waals surface area (Å²) in [6.07, 6.45) is 3.00. The Kier molecular flexibility index (Phi) is 6.43. The van der Waals surface area contributed by atoms with Crippen LogP contribution in [0.1, 0.15) is 66.6 Å². The van der Waals surface area contributed by atoms with Gasteiger partial charge in [-0.1, -0.05) is 45.9 Å². The molecule has 1 aromatic heterocycles. The molecule has 0 aliphatic rings. The summed E-state index contributed by atoms with van der Waals surface area (Å²) in [5, 5.41) is 15.0. The predicted octanol–water partition coefficient (Wildman–Crippen LogP) is 5.59. The second-order valence-electron chi connectivity index (χ2n) is 7.68. The van der Waals surface area contributed by atoms with E-state index in [4.69, 9.17) is 5.26 Å². The molecule has 0 fully saturated rings. The van der Waals surface area contributed by atoms with E-state index in [1.54, 1.807) is 24.3 Å². The summed E-state index contributed by atoms with van der Waals surface area (Å²) in [6, 6.07) is 15.0. The van der Waals surface area contributed by atoms with Crippen molar-refractivity contribution in [3.63, 3.8) is 0 Å². The van der Waals surface area contributed by atoms with Crippen LogP contribution in [-0.2, 0) is 0 Å². The van der Waals surface area contributed by atoms with Gasteiger partial charge in [0.05, 0.1) is 17.2 Å². The normalized spacial score (nSPS) is 10.7. The SMILES string of the molecule is CC(C)c1cccc(C(C)C)c1Nc1ncc(C(=O)Nc2ccc(C#N)cc2)cn1. The van der Waals surface area contributed by atoms with Crippen LogP contribution in [-0.4, -0.2) is 15.9 Å².